The highest BCUT2D eigenvalue weighted by Crippen LogP contribution is 2.34. The molecule has 1 atom stereocenters. The first-order valence-corrected chi connectivity index (χ1v) is 8.55. The van der Waals surface area contributed by atoms with Gasteiger partial charge in [0.1, 0.15) is 11.4 Å². The molecule has 1 aromatic heterocycles. The maximum absolute atomic E-state index is 12.6. The molecule has 8 heteroatoms. The monoisotopic (exact) mass is 350 g/mol. The first-order valence-electron chi connectivity index (χ1n) is 8.55. The molecule has 8 nitrogen and oxygen atoms in total. The lowest BCUT2D eigenvalue weighted by molar-refractivity contribution is 0.0932. The number of nitrogens with one attached hydrogen (secondary N) is 4. The number of amides is 2. The SMILES string of the molecule is N#CC[C@H](NC(=O)c1cn[nH]c1Nc1ccc2c(c1)CNC2=O)C1CC1. The number of aromatic amines is 1. The van der Waals surface area contributed by atoms with Crippen LogP contribution >= 0.6 is 0 Å². The zero-order valence-electron chi connectivity index (χ0n) is 14.0. The van der Waals surface area contributed by atoms with Crippen LogP contribution in [0.5, 0.6) is 0 Å². The quantitative estimate of drug-likeness (QED) is 0.633. The Kier molecular flexibility index (Phi) is 4.05. The zero-order chi connectivity index (χ0) is 18.1. The molecule has 1 aliphatic heterocycles. The van der Waals surface area contributed by atoms with Crippen LogP contribution in [0, 0.1) is 17.2 Å². The Morgan fingerprint density at radius 1 is 1.42 bits per heavy atom. The number of carbonyl (C=O) groups is 2. The Morgan fingerprint density at radius 2 is 2.27 bits per heavy atom. The average molecular weight is 350 g/mol. The van der Waals surface area contributed by atoms with Gasteiger partial charge in [0.15, 0.2) is 0 Å². The minimum absolute atomic E-state index is 0.0724. The highest BCUT2D eigenvalue weighted by atomic mass is 16.2. The lowest BCUT2D eigenvalue weighted by atomic mass is 10.1. The Bertz CT molecular complexity index is 909. The Morgan fingerprint density at radius 3 is 3.04 bits per heavy atom. The van der Waals surface area contributed by atoms with Gasteiger partial charge in [-0.25, -0.2) is 0 Å². The van der Waals surface area contributed by atoms with Crippen molar-refractivity contribution in [1.82, 2.24) is 20.8 Å². The molecule has 0 bridgehead atoms. The molecule has 1 saturated carbocycles. The fraction of sp³-hybridized carbons (Fsp3) is 0.333. The maximum atomic E-state index is 12.6. The molecule has 1 aromatic carbocycles. The second-order valence-electron chi connectivity index (χ2n) is 6.62. The van der Waals surface area contributed by atoms with Gasteiger partial charge in [0, 0.05) is 23.8 Å². The number of aromatic nitrogens is 2. The van der Waals surface area contributed by atoms with Crippen molar-refractivity contribution in [2.45, 2.75) is 31.8 Å². The number of nitrogens with zero attached hydrogens (tertiary/aromatic N) is 2. The lowest BCUT2D eigenvalue weighted by Crippen LogP contribution is -2.36. The number of rotatable bonds is 6. The molecule has 0 radical (unpaired) electrons. The third-order valence-electron chi connectivity index (χ3n) is 4.76. The molecule has 1 fully saturated rings. The van der Waals surface area contributed by atoms with E-state index in [1.807, 2.05) is 6.07 Å². The Balaban J connectivity index is 1.49. The standard InChI is InChI=1S/C18H18N6O2/c19-6-5-15(10-1-2-10)23-18(26)14-9-21-24-16(14)22-12-3-4-13-11(7-12)8-20-17(13)25/h3-4,7,9-10,15H,1-2,5,8H2,(H,20,25)(H,23,26)(H2,21,22,24)/t15-/m0/s1. The van der Waals surface area contributed by atoms with Gasteiger partial charge in [-0.15, -0.1) is 0 Å². The summed E-state index contributed by atoms with van der Waals surface area (Å²) < 4.78 is 0. The van der Waals surface area contributed by atoms with Gasteiger partial charge in [0.2, 0.25) is 0 Å². The molecular formula is C18H18N6O2. The maximum Gasteiger partial charge on any atom is 0.256 e. The van der Waals surface area contributed by atoms with E-state index in [-0.39, 0.29) is 17.9 Å². The minimum Gasteiger partial charge on any atom is -0.348 e. The molecule has 26 heavy (non-hydrogen) atoms. The van der Waals surface area contributed by atoms with Gasteiger partial charge in [-0.2, -0.15) is 10.4 Å². The van der Waals surface area contributed by atoms with E-state index in [0.717, 1.165) is 24.1 Å². The van der Waals surface area contributed by atoms with Gasteiger partial charge in [-0.05, 0) is 42.5 Å². The number of nitriles is 1. The van der Waals surface area contributed by atoms with Gasteiger partial charge in [0.05, 0.1) is 18.7 Å². The molecule has 2 aromatic rings. The summed E-state index contributed by atoms with van der Waals surface area (Å²) in [5, 5.41) is 24.5. The van der Waals surface area contributed by atoms with Gasteiger partial charge in [-0.1, -0.05) is 0 Å². The molecular weight excluding hydrogens is 332 g/mol. The topological polar surface area (TPSA) is 123 Å². The van der Waals surface area contributed by atoms with Crippen LogP contribution in [-0.4, -0.2) is 28.1 Å². The van der Waals surface area contributed by atoms with Crippen LogP contribution in [-0.2, 0) is 6.54 Å². The number of fused-ring (bicyclic) bond motifs is 1. The summed E-state index contributed by atoms with van der Waals surface area (Å²) in [6.45, 7) is 0.497. The first-order chi connectivity index (χ1) is 12.7. The number of benzene rings is 1. The summed E-state index contributed by atoms with van der Waals surface area (Å²) in [6, 6.07) is 7.43. The van der Waals surface area contributed by atoms with Crippen molar-refractivity contribution in [3.63, 3.8) is 0 Å². The fourth-order valence-corrected chi connectivity index (χ4v) is 3.19. The summed E-state index contributed by atoms with van der Waals surface area (Å²) >= 11 is 0. The summed E-state index contributed by atoms with van der Waals surface area (Å²) in [5.41, 5.74) is 2.73. The van der Waals surface area contributed by atoms with E-state index in [9.17, 15) is 9.59 Å². The third kappa shape index (κ3) is 3.11. The Hall–Kier alpha value is -3.34. The normalized spacial score (nSPS) is 16.3. The fourth-order valence-electron chi connectivity index (χ4n) is 3.19. The van der Waals surface area contributed by atoms with E-state index >= 15 is 0 Å². The van der Waals surface area contributed by atoms with E-state index < -0.39 is 0 Å². The number of hydrogen-bond acceptors (Lipinski definition) is 5. The van der Waals surface area contributed by atoms with Crippen molar-refractivity contribution < 1.29 is 9.59 Å². The number of anilines is 2. The molecule has 4 N–H and O–H groups in total. The second kappa shape index (κ2) is 6.52. The second-order valence-corrected chi connectivity index (χ2v) is 6.62. The summed E-state index contributed by atoms with van der Waals surface area (Å²) in [6.07, 6.45) is 3.87. The molecule has 2 aliphatic rings. The molecule has 0 saturated heterocycles. The van der Waals surface area contributed by atoms with Crippen molar-refractivity contribution >= 4 is 23.3 Å². The summed E-state index contributed by atoms with van der Waals surface area (Å²) in [5.74, 6) is 0.540. The summed E-state index contributed by atoms with van der Waals surface area (Å²) in [4.78, 5) is 24.2. The molecule has 0 spiro atoms. The lowest BCUT2D eigenvalue weighted by Gasteiger charge is -2.15. The van der Waals surface area contributed by atoms with Crippen LogP contribution < -0.4 is 16.0 Å². The predicted molar refractivity (Wildman–Crippen MR) is 93.7 cm³/mol. The minimum atomic E-state index is -0.258. The highest BCUT2D eigenvalue weighted by molar-refractivity contribution is 6.00. The molecule has 2 amide bonds. The Labute approximate surface area is 150 Å². The van der Waals surface area contributed by atoms with Gasteiger partial charge < -0.3 is 16.0 Å². The van der Waals surface area contributed by atoms with E-state index in [4.69, 9.17) is 5.26 Å². The van der Waals surface area contributed by atoms with Crippen molar-refractivity contribution in [2.24, 2.45) is 5.92 Å². The van der Waals surface area contributed by atoms with E-state index in [0.29, 0.717) is 35.8 Å². The van der Waals surface area contributed by atoms with Crippen molar-refractivity contribution in [3.8, 4) is 6.07 Å². The third-order valence-corrected chi connectivity index (χ3v) is 4.76. The van der Waals surface area contributed by atoms with E-state index in [1.54, 1.807) is 12.1 Å². The van der Waals surface area contributed by atoms with E-state index in [1.165, 1.54) is 6.20 Å². The number of carbonyl (C=O) groups excluding carboxylic acids is 2. The van der Waals surface area contributed by atoms with Crippen molar-refractivity contribution in [1.29, 1.82) is 5.26 Å². The van der Waals surface area contributed by atoms with Gasteiger partial charge in [0.25, 0.3) is 11.8 Å². The van der Waals surface area contributed by atoms with Crippen LogP contribution in [0.4, 0.5) is 11.5 Å². The molecule has 2 heterocycles. The molecule has 132 valence electrons. The zero-order valence-corrected chi connectivity index (χ0v) is 14.0. The predicted octanol–water partition coefficient (Wildman–Crippen LogP) is 1.82. The largest absolute Gasteiger partial charge is 0.348 e. The van der Waals surface area contributed by atoms with Crippen molar-refractivity contribution in [3.05, 3.63) is 41.1 Å². The smallest absolute Gasteiger partial charge is 0.256 e. The van der Waals surface area contributed by atoms with Gasteiger partial charge in [-0.3, -0.25) is 14.7 Å². The van der Waals surface area contributed by atoms with Crippen molar-refractivity contribution in [2.75, 3.05) is 5.32 Å². The van der Waals surface area contributed by atoms with Crippen LogP contribution in [0.3, 0.4) is 0 Å². The van der Waals surface area contributed by atoms with Crippen LogP contribution in [0.1, 0.15) is 45.5 Å². The first kappa shape index (κ1) is 16.1. The molecule has 0 unspecified atom stereocenters. The van der Waals surface area contributed by atoms with E-state index in [2.05, 4.69) is 32.2 Å². The summed E-state index contributed by atoms with van der Waals surface area (Å²) in [7, 11) is 0. The van der Waals surface area contributed by atoms with Crippen LogP contribution in [0.25, 0.3) is 0 Å². The number of H-pyrrole nitrogens is 1. The van der Waals surface area contributed by atoms with Gasteiger partial charge >= 0.3 is 0 Å². The molecule has 1 aliphatic carbocycles. The molecule has 4 rings (SSSR count). The highest BCUT2D eigenvalue weighted by Gasteiger charge is 2.32. The average Bonchev–Trinajstić information content (AvgIpc) is 3.28. The van der Waals surface area contributed by atoms with Crippen LogP contribution in [0.15, 0.2) is 24.4 Å². The number of hydrogen-bond donors (Lipinski definition) is 4. The van der Waals surface area contributed by atoms with Crippen LogP contribution in [0.2, 0.25) is 0 Å².